The molecule has 2 rings (SSSR count). The highest BCUT2D eigenvalue weighted by molar-refractivity contribution is 5.66. The van der Waals surface area contributed by atoms with Crippen LogP contribution in [0.1, 0.15) is 20.3 Å². The summed E-state index contributed by atoms with van der Waals surface area (Å²) in [6, 6.07) is 0. The average molecular weight is 225 g/mol. The van der Waals surface area contributed by atoms with Crippen LogP contribution in [0.5, 0.6) is 0 Å². The van der Waals surface area contributed by atoms with Crippen LogP contribution in [0.4, 0.5) is 4.79 Å². The first kappa shape index (κ1) is 11.3. The molecule has 0 aromatic heterocycles. The molecule has 0 aromatic carbocycles. The Kier molecular flexibility index (Phi) is 3.05. The summed E-state index contributed by atoms with van der Waals surface area (Å²) in [7, 11) is 0. The van der Waals surface area contributed by atoms with Gasteiger partial charge >= 0.3 is 6.09 Å². The van der Waals surface area contributed by atoms with E-state index in [0.717, 1.165) is 19.5 Å². The van der Waals surface area contributed by atoms with Gasteiger partial charge in [-0.3, -0.25) is 0 Å². The number of amides is 1. The third-order valence-corrected chi connectivity index (χ3v) is 3.04. The standard InChI is InChI=1S/C11H19N3O2/c1-8(2)6-14-10-3-4-13(11(15)16)7-9(10)5-12-14/h8,12H,3-7H2,1-2H3,(H,15,16). The number of hydrogen-bond donors (Lipinski definition) is 2. The lowest BCUT2D eigenvalue weighted by Crippen LogP contribution is -2.38. The summed E-state index contributed by atoms with van der Waals surface area (Å²) < 4.78 is 0. The minimum absolute atomic E-state index is 0.562. The third-order valence-electron chi connectivity index (χ3n) is 3.04. The molecule has 2 aliphatic rings. The summed E-state index contributed by atoms with van der Waals surface area (Å²) in [5.74, 6) is 0.608. The van der Waals surface area contributed by atoms with Crippen molar-refractivity contribution >= 4 is 6.09 Å². The second kappa shape index (κ2) is 4.33. The lowest BCUT2D eigenvalue weighted by Gasteiger charge is -2.29. The van der Waals surface area contributed by atoms with E-state index in [1.807, 2.05) is 0 Å². The van der Waals surface area contributed by atoms with Gasteiger partial charge in [-0.05, 0) is 11.5 Å². The van der Waals surface area contributed by atoms with Gasteiger partial charge in [-0.2, -0.15) is 0 Å². The molecule has 5 heteroatoms. The van der Waals surface area contributed by atoms with Crippen LogP contribution in [0.3, 0.4) is 0 Å². The van der Waals surface area contributed by atoms with E-state index in [1.165, 1.54) is 16.2 Å². The highest BCUT2D eigenvalue weighted by atomic mass is 16.4. The van der Waals surface area contributed by atoms with E-state index in [0.29, 0.717) is 19.0 Å². The maximum absolute atomic E-state index is 10.9. The number of nitrogens with one attached hydrogen (secondary N) is 1. The summed E-state index contributed by atoms with van der Waals surface area (Å²) in [6.07, 6.45) is 0.0234. The molecule has 1 amide bonds. The maximum atomic E-state index is 10.9. The molecule has 0 fully saturated rings. The Labute approximate surface area is 95.7 Å². The molecule has 16 heavy (non-hydrogen) atoms. The lowest BCUT2D eigenvalue weighted by molar-refractivity contribution is 0.145. The molecule has 5 nitrogen and oxygen atoms in total. The minimum Gasteiger partial charge on any atom is -0.465 e. The molecule has 0 aliphatic carbocycles. The Bertz CT molecular complexity index is 325. The Balaban J connectivity index is 2.04. The fraction of sp³-hybridized carbons (Fsp3) is 0.727. The molecule has 2 heterocycles. The van der Waals surface area contributed by atoms with Gasteiger partial charge in [0.2, 0.25) is 0 Å². The zero-order valence-electron chi connectivity index (χ0n) is 9.86. The molecular formula is C11H19N3O2. The summed E-state index contributed by atoms with van der Waals surface area (Å²) >= 11 is 0. The largest absolute Gasteiger partial charge is 0.465 e. The van der Waals surface area contributed by atoms with Gasteiger partial charge in [0.15, 0.2) is 0 Å². The zero-order valence-corrected chi connectivity index (χ0v) is 9.86. The first-order valence-electron chi connectivity index (χ1n) is 5.77. The van der Waals surface area contributed by atoms with Gasteiger partial charge in [-0.1, -0.05) is 13.8 Å². The van der Waals surface area contributed by atoms with Gasteiger partial charge in [0, 0.05) is 38.3 Å². The van der Waals surface area contributed by atoms with Gasteiger partial charge in [0.1, 0.15) is 0 Å². The number of carbonyl (C=O) groups is 1. The molecule has 0 saturated heterocycles. The van der Waals surface area contributed by atoms with E-state index in [-0.39, 0.29) is 0 Å². The Morgan fingerprint density at radius 2 is 2.31 bits per heavy atom. The van der Waals surface area contributed by atoms with Crippen molar-refractivity contribution in [1.82, 2.24) is 15.3 Å². The smallest absolute Gasteiger partial charge is 0.407 e. The van der Waals surface area contributed by atoms with Gasteiger partial charge < -0.3 is 15.0 Å². The second-order valence-electron chi connectivity index (χ2n) is 4.84. The molecule has 0 saturated carbocycles. The molecule has 0 spiro atoms. The van der Waals surface area contributed by atoms with E-state index in [1.54, 1.807) is 0 Å². The Morgan fingerprint density at radius 3 is 2.94 bits per heavy atom. The molecular weight excluding hydrogens is 206 g/mol. The number of carboxylic acid groups (broad SMARTS) is 1. The summed E-state index contributed by atoms with van der Waals surface area (Å²) in [6.45, 7) is 7.34. The second-order valence-corrected chi connectivity index (χ2v) is 4.84. The van der Waals surface area contributed by atoms with Crippen LogP contribution in [0, 0.1) is 5.92 Å². The summed E-state index contributed by atoms with van der Waals surface area (Å²) in [5, 5.41) is 11.1. The van der Waals surface area contributed by atoms with Crippen molar-refractivity contribution in [3.8, 4) is 0 Å². The predicted molar refractivity (Wildman–Crippen MR) is 60.8 cm³/mol. The number of rotatable bonds is 2. The minimum atomic E-state index is -0.811. The van der Waals surface area contributed by atoms with E-state index in [2.05, 4.69) is 24.3 Å². The third kappa shape index (κ3) is 2.14. The molecule has 90 valence electrons. The Hall–Kier alpha value is -1.23. The average Bonchev–Trinajstić information content (AvgIpc) is 2.60. The molecule has 0 aromatic rings. The van der Waals surface area contributed by atoms with Gasteiger partial charge in [-0.25, -0.2) is 10.2 Å². The van der Waals surface area contributed by atoms with Gasteiger partial charge in [0.25, 0.3) is 0 Å². The first-order chi connectivity index (χ1) is 7.58. The normalized spacial score (nSPS) is 20.7. The van der Waals surface area contributed by atoms with Crippen LogP contribution in [0.2, 0.25) is 0 Å². The Morgan fingerprint density at radius 1 is 1.56 bits per heavy atom. The molecule has 0 unspecified atom stereocenters. The van der Waals surface area contributed by atoms with E-state index in [9.17, 15) is 4.79 Å². The molecule has 0 atom stereocenters. The quantitative estimate of drug-likeness (QED) is 0.739. The van der Waals surface area contributed by atoms with Crippen LogP contribution in [-0.2, 0) is 0 Å². The van der Waals surface area contributed by atoms with Crippen molar-refractivity contribution in [3.63, 3.8) is 0 Å². The number of hydrogen-bond acceptors (Lipinski definition) is 3. The lowest BCUT2D eigenvalue weighted by atomic mass is 10.1. The fourth-order valence-corrected chi connectivity index (χ4v) is 2.29. The van der Waals surface area contributed by atoms with Crippen molar-refractivity contribution in [3.05, 3.63) is 11.3 Å². The van der Waals surface area contributed by atoms with Gasteiger partial charge in [0.05, 0.1) is 0 Å². The number of nitrogens with zero attached hydrogens (tertiary/aromatic N) is 2. The SMILES string of the molecule is CC(C)CN1NCC2=C1CCN(C(=O)O)C2. The van der Waals surface area contributed by atoms with Crippen LogP contribution in [0.15, 0.2) is 11.3 Å². The molecule has 2 N–H and O–H groups in total. The van der Waals surface area contributed by atoms with Crippen molar-refractivity contribution in [2.45, 2.75) is 20.3 Å². The van der Waals surface area contributed by atoms with E-state index < -0.39 is 6.09 Å². The first-order valence-corrected chi connectivity index (χ1v) is 5.77. The molecule has 0 bridgehead atoms. The monoisotopic (exact) mass is 225 g/mol. The highest BCUT2D eigenvalue weighted by Crippen LogP contribution is 2.25. The summed E-state index contributed by atoms with van der Waals surface area (Å²) in [5.41, 5.74) is 5.87. The fourth-order valence-electron chi connectivity index (χ4n) is 2.29. The van der Waals surface area contributed by atoms with Gasteiger partial charge in [-0.15, -0.1) is 0 Å². The van der Waals surface area contributed by atoms with Crippen molar-refractivity contribution < 1.29 is 9.90 Å². The topological polar surface area (TPSA) is 55.8 Å². The van der Waals surface area contributed by atoms with Crippen LogP contribution in [-0.4, -0.2) is 47.3 Å². The van der Waals surface area contributed by atoms with E-state index >= 15 is 0 Å². The summed E-state index contributed by atoms with van der Waals surface area (Å²) in [4.78, 5) is 12.4. The van der Waals surface area contributed by atoms with E-state index in [4.69, 9.17) is 5.11 Å². The predicted octanol–water partition coefficient (Wildman–Crippen LogP) is 1.10. The van der Waals surface area contributed by atoms with Crippen molar-refractivity contribution in [1.29, 1.82) is 0 Å². The van der Waals surface area contributed by atoms with Crippen LogP contribution >= 0.6 is 0 Å². The van der Waals surface area contributed by atoms with Crippen LogP contribution in [0.25, 0.3) is 0 Å². The van der Waals surface area contributed by atoms with Crippen LogP contribution < -0.4 is 5.43 Å². The molecule has 2 aliphatic heterocycles. The maximum Gasteiger partial charge on any atom is 0.407 e. The number of hydrazine groups is 1. The molecule has 0 radical (unpaired) electrons. The zero-order chi connectivity index (χ0) is 11.7. The van der Waals surface area contributed by atoms with Crippen molar-refractivity contribution in [2.24, 2.45) is 5.92 Å². The highest BCUT2D eigenvalue weighted by Gasteiger charge is 2.29. The van der Waals surface area contributed by atoms with Crippen molar-refractivity contribution in [2.75, 3.05) is 26.2 Å².